The number of hydrogen-bond acceptors (Lipinski definition) is 9. The zero-order chi connectivity index (χ0) is 17.3. The summed E-state index contributed by atoms with van der Waals surface area (Å²) in [5.41, 5.74) is -2.52. The smallest absolute Gasteiger partial charge is 0.339 e. The Morgan fingerprint density at radius 1 is 1.43 bits per heavy atom. The maximum atomic E-state index is 11.9. The number of hydrogen-bond donors (Lipinski definition) is 5. The molecule has 2 heterocycles. The molecule has 1 aromatic rings. The van der Waals surface area contributed by atoms with Crippen molar-refractivity contribution in [3.8, 4) is 0 Å². The number of aromatic nitrogens is 2. The number of esters is 1. The number of nitrogens with one attached hydrogen (secondary N) is 1. The van der Waals surface area contributed by atoms with Crippen LogP contribution >= 0.6 is 0 Å². The van der Waals surface area contributed by atoms with E-state index < -0.39 is 60.0 Å². The lowest BCUT2D eigenvalue weighted by Crippen LogP contribution is -2.39. The van der Waals surface area contributed by atoms with Gasteiger partial charge in [0, 0.05) is 6.20 Å². The number of rotatable bonds is 4. The van der Waals surface area contributed by atoms with E-state index in [0.717, 1.165) is 13.3 Å². The molecule has 0 saturated carbocycles. The predicted octanol–water partition coefficient (Wildman–Crippen LogP) is -3.65. The average molecular weight is 332 g/mol. The largest absolute Gasteiger partial charge is 0.467 e. The summed E-state index contributed by atoms with van der Waals surface area (Å²) in [5.74, 6) is -1.12. The lowest BCUT2D eigenvalue weighted by atomic mass is 10.1. The van der Waals surface area contributed by atoms with Gasteiger partial charge in [-0.1, -0.05) is 0 Å². The first-order valence-corrected chi connectivity index (χ1v) is 6.55. The molecule has 1 aliphatic rings. The molecule has 11 heteroatoms. The highest BCUT2D eigenvalue weighted by Crippen LogP contribution is 2.28. The minimum Gasteiger partial charge on any atom is -0.467 e. The first kappa shape index (κ1) is 17.3. The molecule has 5 atom stereocenters. The van der Waals surface area contributed by atoms with Crippen LogP contribution in [0.25, 0.3) is 0 Å². The lowest BCUT2D eigenvalue weighted by Gasteiger charge is -2.18. The summed E-state index contributed by atoms with van der Waals surface area (Å²) in [5, 5.41) is 38.4. The second-order valence-electron chi connectivity index (χ2n) is 4.91. The van der Waals surface area contributed by atoms with Crippen LogP contribution < -0.4 is 11.2 Å². The van der Waals surface area contributed by atoms with Crippen LogP contribution in [0.1, 0.15) is 17.9 Å². The van der Waals surface area contributed by atoms with Gasteiger partial charge in [-0.2, -0.15) is 0 Å². The molecule has 0 radical (unpaired) electrons. The molecule has 0 aromatic carbocycles. The number of aliphatic hydroxyl groups excluding tert-OH is 4. The number of aliphatic hydroxyl groups is 4. The van der Waals surface area contributed by atoms with Gasteiger partial charge in [-0.25, -0.2) is 9.59 Å². The second kappa shape index (κ2) is 6.60. The topological polar surface area (TPSA) is 171 Å². The van der Waals surface area contributed by atoms with Crippen LogP contribution in [0.2, 0.25) is 0 Å². The molecule has 11 nitrogen and oxygen atoms in total. The Morgan fingerprint density at radius 2 is 2.09 bits per heavy atom. The summed E-state index contributed by atoms with van der Waals surface area (Å²) < 4.78 is 10.2. The molecule has 0 bridgehead atoms. The zero-order valence-electron chi connectivity index (χ0n) is 11.9. The number of ether oxygens (including phenoxy) is 2. The summed E-state index contributed by atoms with van der Waals surface area (Å²) in [6.07, 6.45) is -6.72. The number of aromatic amines is 1. The van der Waals surface area contributed by atoms with Crippen LogP contribution in [0, 0.1) is 0 Å². The standard InChI is InChI=1S/C12H16N2O9/c1-22-11(20)6(16)4-2-14(12(21)13-9(4)19)10-8(18)7(17)5(3-15)23-10/h2,5-8,10,15-18H,3H2,1H3,(H,13,19,21)/t5-,6+,7-,8-,10-/m1/s1. The van der Waals surface area contributed by atoms with Crippen LogP contribution in [0.5, 0.6) is 0 Å². The number of H-pyrrole nitrogens is 1. The van der Waals surface area contributed by atoms with E-state index >= 15 is 0 Å². The fourth-order valence-corrected chi connectivity index (χ4v) is 2.23. The molecule has 1 fully saturated rings. The van der Waals surface area contributed by atoms with Crippen molar-refractivity contribution >= 4 is 5.97 Å². The second-order valence-corrected chi connectivity index (χ2v) is 4.91. The van der Waals surface area contributed by atoms with Crippen molar-refractivity contribution in [1.82, 2.24) is 9.55 Å². The molecular formula is C12H16N2O9. The van der Waals surface area contributed by atoms with Gasteiger partial charge in [-0.3, -0.25) is 14.3 Å². The molecule has 128 valence electrons. The van der Waals surface area contributed by atoms with Crippen molar-refractivity contribution in [2.45, 2.75) is 30.6 Å². The van der Waals surface area contributed by atoms with Crippen molar-refractivity contribution in [1.29, 1.82) is 0 Å². The Labute approximate surface area is 128 Å². The highest BCUT2D eigenvalue weighted by molar-refractivity contribution is 5.75. The average Bonchev–Trinajstić information content (AvgIpc) is 2.81. The number of methoxy groups -OCH3 is 1. The first-order chi connectivity index (χ1) is 10.8. The fraction of sp³-hybridized carbons (Fsp3) is 0.583. The molecule has 1 saturated heterocycles. The minimum absolute atomic E-state index is 0.505. The van der Waals surface area contributed by atoms with Gasteiger partial charge < -0.3 is 29.9 Å². The number of carbonyl (C=O) groups is 1. The summed E-state index contributed by atoms with van der Waals surface area (Å²) in [6, 6.07) is 0. The van der Waals surface area contributed by atoms with Gasteiger partial charge >= 0.3 is 11.7 Å². The SMILES string of the molecule is COC(=O)[C@@H](O)c1cn([C@@H]2O[C@H](CO)[C@@H](O)[C@H]2O)c(=O)[nH]c1=O. The summed E-state index contributed by atoms with van der Waals surface area (Å²) in [6.45, 7) is -0.607. The zero-order valence-corrected chi connectivity index (χ0v) is 11.9. The Kier molecular flexibility index (Phi) is 4.97. The van der Waals surface area contributed by atoms with E-state index in [2.05, 4.69) is 4.74 Å². The highest BCUT2D eigenvalue weighted by atomic mass is 16.6. The predicted molar refractivity (Wildman–Crippen MR) is 71.3 cm³/mol. The monoisotopic (exact) mass is 332 g/mol. The van der Waals surface area contributed by atoms with Gasteiger partial charge in [0.1, 0.15) is 18.3 Å². The van der Waals surface area contributed by atoms with Gasteiger partial charge in [-0.05, 0) is 0 Å². The van der Waals surface area contributed by atoms with Crippen LogP contribution in [-0.4, -0.2) is 68.0 Å². The maximum Gasteiger partial charge on any atom is 0.339 e. The van der Waals surface area contributed by atoms with Crippen molar-refractivity contribution < 1.29 is 34.7 Å². The summed E-state index contributed by atoms with van der Waals surface area (Å²) in [7, 11) is 1.00. The van der Waals surface area contributed by atoms with Crippen LogP contribution in [0.15, 0.2) is 15.8 Å². The van der Waals surface area contributed by atoms with Crippen LogP contribution in [-0.2, 0) is 14.3 Å². The minimum atomic E-state index is -1.95. The maximum absolute atomic E-state index is 11.9. The van der Waals surface area contributed by atoms with Gasteiger partial charge in [0.05, 0.1) is 19.3 Å². The number of nitrogens with zero attached hydrogens (tertiary/aromatic N) is 1. The van der Waals surface area contributed by atoms with Crippen LogP contribution in [0.4, 0.5) is 0 Å². The van der Waals surface area contributed by atoms with E-state index in [1.54, 1.807) is 0 Å². The molecule has 0 amide bonds. The lowest BCUT2D eigenvalue weighted by molar-refractivity contribution is -0.150. The van der Waals surface area contributed by atoms with Crippen molar-refractivity contribution in [3.63, 3.8) is 0 Å². The summed E-state index contributed by atoms with van der Waals surface area (Å²) in [4.78, 5) is 36.8. The van der Waals surface area contributed by atoms with Crippen LogP contribution in [0.3, 0.4) is 0 Å². The normalized spacial score (nSPS) is 28.6. The number of carbonyl (C=O) groups excluding carboxylic acids is 1. The Bertz CT molecular complexity index is 697. The van der Waals surface area contributed by atoms with Gasteiger partial charge in [0.2, 0.25) is 0 Å². The Morgan fingerprint density at radius 3 is 2.61 bits per heavy atom. The molecule has 0 aliphatic carbocycles. The molecule has 1 aromatic heterocycles. The molecule has 23 heavy (non-hydrogen) atoms. The van der Waals surface area contributed by atoms with Gasteiger partial charge in [0.15, 0.2) is 12.3 Å². The van der Waals surface area contributed by atoms with E-state index in [0.29, 0.717) is 4.57 Å². The third-order valence-corrected chi connectivity index (χ3v) is 3.51. The van der Waals surface area contributed by atoms with Crippen molar-refractivity contribution in [2.75, 3.05) is 13.7 Å². The molecule has 0 spiro atoms. The molecule has 2 rings (SSSR count). The molecule has 0 unspecified atom stereocenters. The highest BCUT2D eigenvalue weighted by Gasteiger charge is 2.44. The quantitative estimate of drug-likeness (QED) is 0.349. The Balaban J connectivity index is 2.46. The van der Waals surface area contributed by atoms with E-state index in [1.807, 2.05) is 4.98 Å². The molecule has 1 aliphatic heterocycles. The first-order valence-electron chi connectivity index (χ1n) is 6.55. The van der Waals surface area contributed by atoms with E-state index in [1.165, 1.54) is 0 Å². The summed E-state index contributed by atoms with van der Waals surface area (Å²) >= 11 is 0. The molecule has 5 N–H and O–H groups in total. The third-order valence-electron chi connectivity index (χ3n) is 3.51. The molecular weight excluding hydrogens is 316 g/mol. The van der Waals surface area contributed by atoms with Crippen molar-refractivity contribution in [3.05, 3.63) is 32.6 Å². The van der Waals surface area contributed by atoms with Crippen molar-refractivity contribution in [2.24, 2.45) is 0 Å². The van der Waals surface area contributed by atoms with E-state index in [4.69, 9.17) is 9.84 Å². The third kappa shape index (κ3) is 3.04. The fourth-order valence-electron chi connectivity index (χ4n) is 2.23. The van der Waals surface area contributed by atoms with Gasteiger partial charge in [0.25, 0.3) is 5.56 Å². The Hall–Kier alpha value is -2.05. The van der Waals surface area contributed by atoms with Gasteiger partial charge in [-0.15, -0.1) is 0 Å². The van der Waals surface area contributed by atoms with E-state index in [-0.39, 0.29) is 0 Å². The van der Waals surface area contributed by atoms with E-state index in [9.17, 15) is 29.7 Å².